The molecular weight excluding hydrogens is 215 g/mol. The number of hydrogen-bond acceptors (Lipinski definition) is 3. The Balaban J connectivity index is 2.45. The Kier molecular flexibility index (Phi) is 2.17. The van der Waals surface area contributed by atoms with Crippen LogP contribution in [0.15, 0.2) is 36.5 Å². The van der Waals surface area contributed by atoms with Gasteiger partial charge in [-0.2, -0.15) is 0 Å². The van der Waals surface area contributed by atoms with Gasteiger partial charge in [0.25, 0.3) is 0 Å². The van der Waals surface area contributed by atoms with E-state index < -0.39 is 7.12 Å². The van der Waals surface area contributed by atoms with Crippen molar-refractivity contribution in [1.29, 1.82) is 0 Å². The SMILES string of the molecule is Cn1c2cc(B(O)O)ccc2c2cccnc21. The predicted octanol–water partition coefficient (Wildman–Crippen LogP) is 0.406. The molecule has 3 rings (SSSR count). The number of aryl methyl sites for hydroxylation is 1. The normalized spacial score (nSPS) is 11.2. The molecule has 1 aromatic carbocycles. The van der Waals surface area contributed by atoms with Crippen molar-refractivity contribution in [1.82, 2.24) is 9.55 Å². The predicted molar refractivity (Wildman–Crippen MR) is 68.0 cm³/mol. The lowest BCUT2D eigenvalue weighted by Crippen LogP contribution is -2.29. The first kappa shape index (κ1) is 10.3. The molecule has 2 N–H and O–H groups in total. The van der Waals surface area contributed by atoms with Crippen molar-refractivity contribution < 1.29 is 10.0 Å². The van der Waals surface area contributed by atoms with Gasteiger partial charge in [0.15, 0.2) is 0 Å². The van der Waals surface area contributed by atoms with Crippen molar-refractivity contribution in [2.24, 2.45) is 7.05 Å². The summed E-state index contributed by atoms with van der Waals surface area (Å²) < 4.78 is 1.95. The van der Waals surface area contributed by atoms with E-state index in [1.165, 1.54) is 0 Å². The Bertz CT molecular complexity index is 706. The van der Waals surface area contributed by atoms with Gasteiger partial charge in [0.05, 0.1) is 0 Å². The fraction of sp³-hybridized carbons (Fsp3) is 0.0833. The number of benzene rings is 1. The molecule has 0 saturated carbocycles. The number of nitrogens with zero attached hydrogens (tertiary/aromatic N) is 2. The number of rotatable bonds is 1. The van der Waals surface area contributed by atoms with Gasteiger partial charge in [0.2, 0.25) is 0 Å². The molecule has 0 saturated heterocycles. The van der Waals surface area contributed by atoms with Gasteiger partial charge < -0.3 is 14.6 Å². The van der Waals surface area contributed by atoms with E-state index in [0.29, 0.717) is 5.46 Å². The Labute approximate surface area is 98.3 Å². The third-order valence-electron chi connectivity index (χ3n) is 3.08. The molecular formula is C12H11BN2O2. The maximum absolute atomic E-state index is 9.18. The molecule has 0 spiro atoms. The highest BCUT2D eigenvalue weighted by molar-refractivity contribution is 6.59. The van der Waals surface area contributed by atoms with E-state index in [1.807, 2.05) is 29.8 Å². The van der Waals surface area contributed by atoms with Crippen molar-refractivity contribution in [3.63, 3.8) is 0 Å². The third-order valence-corrected chi connectivity index (χ3v) is 3.08. The van der Waals surface area contributed by atoms with Crippen molar-refractivity contribution in [2.45, 2.75) is 0 Å². The molecule has 0 bridgehead atoms. The molecule has 0 atom stereocenters. The molecule has 2 heterocycles. The zero-order chi connectivity index (χ0) is 12.0. The van der Waals surface area contributed by atoms with Crippen LogP contribution in [-0.4, -0.2) is 26.7 Å². The van der Waals surface area contributed by atoms with Gasteiger partial charge in [-0.05, 0) is 23.7 Å². The maximum atomic E-state index is 9.18. The highest BCUT2D eigenvalue weighted by Gasteiger charge is 2.14. The summed E-state index contributed by atoms with van der Waals surface area (Å²) >= 11 is 0. The summed E-state index contributed by atoms with van der Waals surface area (Å²) in [7, 11) is 0.482. The van der Waals surface area contributed by atoms with E-state index in [0.717, 1.165) is 21.9 Å². The Morgan fingerprint density at radius 1 is 1.18 bits per heavy atom. The monoisotopic (exact) mass is 226 g/mol. The molecule has 4 nitrogen and oxygen atoms in total. The van der Waals surface area contributed by atoms with Crippen LogP contribution in [0.25, 0.3) is 21.9 Å². The van der Waals surface area contributed by atoms with Crippen molar-refractivity contribution >= 4 is 34.5 Å². The zero-order valence-corrected chi connectivity index (χ0v) is 9.33. The highest BCUT2D eigenvalue weighted by Crippen LogP contribution is 2.25. The Morgan fingerprint density at radius 3 is 2.76 bits per heavy atom. The largest absolute Gasteiger partial charge is 0.488 e. The molecule has 0 aliphatic carbocycles. The lowest BCUT2D eigenvalue weighted by Gasteiger charge is -2.01. The van der Waals surface area contributed by atoms with Crippen LogP contribution in [0, 0.1) is 0 Å². The summed E-state index contributed by atoms with van der Waals surface area (Å²) in [6.45, 7) is 0. The van der Waals surface area contributed by atoms with Crippen molar-refractivity contribution in [3.8, 4) is 0 Å². The first-order valence-corrected chi connectivity index (χ1v) is 5.37. The Morgan fingerprint density at radius 2 is 2.00 bits per heavy atom. The lowest BCUT2D eigenvalue weighted by molar-refractivity contribution is 0.426. The zero-order valence-electron chi connectivity index (χ0n) is 9.33. The quantitative estimate of drug-likeness (QED) is 0.590. The molecule has 3 aromatic rings. The van der Waals surface area contributed by atoms with Crippen LogP contribution in [0.4, 0.5) is 0 Å². The van der Waals surface area contributed by atoms with Crippen LogP contribution in [0.3, 0.4) is 0 Å². The van der Waals surface area contributed by atoms with E-state index >= 15 is 0 Å². The summed E-state index contributed by atoms with van der Waals surface area (Å²) in [5, 5.41) is 20.5. The molecule has 84 valence electrons. The van der Waals surface area contributed by atoms with Gasteiger partial charge in [0, 0.05) is 29.5 Å². The van der Waals surface area contributed by atoms with E-state index in [9.17, 15) is 10.0 Å². The molecule has 2 aromatic heterocycles. The highest BCUT2D eigenvalue weighted by atomic mass is 16.4. The van der Waals surface area contributed by atoms with Crippen molar-refractivity contribution in [3.05, 3.63) is 36.5 Å². The minimum absolute atomic E-state index is 0.489. The van der Waals surface area contributed by atoms with E-state index in [-0.39, 0.29) is 0 Å². The van der Waals surface area contributed by atoms with Gasteiger partial charge in [-0.25, -0.2) is 4.98 Å². The number of hydrogen-bond donors (Lipinski definition) is 2. The topological polar surface area (TPSA) is 58.3 Å². The van der Waals surface area contributed by atoms with Crippen LogP contribution in [0.2, 0.25) is 0 Å². The van der Waals surface area contributed by atoms with Gasteiger partial charge in [-0.1, -0.05) is 12.1 Å². The second kappa shape index (κ2) is 3.58. The molecule has 0 unspecified atom stereocenters. The molecule has 0 amide bonds. The molecule has 5 heteroatoms. The fourth-order valence-corrected chi connectivity index (χ4v) is 2.20. The van der Waals surface area contributed by atoms with E-state index in [4.69, 9.17) is 0 Å². The summed E-state index contributed by atoms with van der Waals surface area (Å²) in [5.41, 5.74) is 2.33. The summed E-state index contributed by atoms with van der Waals surface area (Å²) in [6, 6.07) is 9.31. The summed E-state index contributed by atoms with van der Waals surface area (Å²) in [6.07, 6.45) is 1.75. The minimum Gasteiger partial charge on any atom is -0.423 e. The van der Waals surface area contributed by atoms with Crippen LogP contribution < -0.4 is 5.46 Å². The summed E-state index contributed by atoms with van der Waals surface area (Å²) in [4.78, 5) is 4.33. The second-order valence-corrected chi connectivity index (χ2v) is 4.08. The third kappa shape index (κ3) is 1.44. The second-order valence-electron chi connectivity index (χ2n) is 4.08. The first-order valence-electron chi connectivity index (χ1n) is 5.37. The Hall–Kier alpha value is -1.85. The van der Waals surface area contributed by atoms with E-state index in [1.54, 1.807) is 18.3 Å². The molecule has 0 aliphatic heterocycles. The smallest absolute Gasteiger partial charge is 0.423 e. The molecule has 0 fully saturated rings. The van der Waals surface area contributed by atoms with Crippen LogP contribution >= 0.6 is 0 Å². The van der Waals surface area contributed by atoms with Gasteiger partial charge >= 0.3 is 7.12 Å². The fourth-order valence-electron chi connectivity index (χ4n) is 2.20. The molecule has 0 aliphatic rings. The molecule has 0 radical (unpaired) electrons. The van der Waals surface area contributed by atoms with Crippen LogP contribution in [0.1, 0.15) is 0 Å². The van der Waals surface area contributed by atoms with E-state index in [2.05, 4.69) is 4.98 Å². The average Bonchev–Trinajstić information content (AvgIpc) is 2.64. The number of aromatic nitrogens is 2. The van der Waals surface area contributed by atoms with Gasteiger partial charge in [0.1, 0.15) is 5.65 Å². The van der Waals surface area contributed by atoms with Crippen LogP contribution in [-0.2, 0) is 7.05 Å². The maximum Gasteiger partial charge on any atom is 0.488 e. The standard InChI is InChI=1S/C12H11BN2O2/c1-15-11-7-8(13(16)17)4-5-9(11)10-3-2-6-14-12(10)15/h2-7,16-17H,1H3. The van der Waals surface area contributed by atoms with Crippen molar-refractivity contribution in [2.75, 3.05) is 0 Å². The number of pyridine rings is 1. The first-order chi connectivity index (χ1) is 8.18. The molecule has 17 heavy (non-hydrogen) atoms. The van der Waals surface area contributed by atoms with Crippen LogP contribution in [0.5, 0.6) is 0 Å². The number of fused-ring (bicyclic) bond motifs is 3. The average molecular weight is 226 g/mol. The lowest BCUT2D eigenvalue weighted by atomic mass is 9.80. The van der Waals surface area contributed by atoms with Gasteiger partial charge in [-0.3, -0.25) is 0 Å². The summed E-state index contributed by atoms with van der Waals surface area (Å²) in [5.74, 6) is 0. The van der Waals surface area contributed by atoms with Gasteiger partial charge in [-0.15, -0.1) is 0 Å². The minimum atomic E-state index is -1.44.